The predicted octanol–water partition coefficient (Wildman–Crippen LogP) is 0.874. The van der Waals surface area contributed by atoms with Gasteiger partial charge in [-0.1, -0.05) is 19.9 Å². The zero-order chi connectivity index (χ0) is 18.1. The van der Waals surface area contributed by atoms with Crippen molar-refractivity contribution in [3.8, 4) is 0 Å². The molecule has 2 heterocycles. The van der Waals surface area contributed by atoms with Gasteiger partial charge in [0, 0.05) is 12.0 Å². The summed E-state index contributed by atoms with van der Waals surface area (Å²) < 4.78 is 10.5. The molecule has 2 aliphatic rings. The number of nitrogens with one attached hydrogen (secondary N) is 2. The average molecular weight is 341 g/mol. The van der Waals surface area contributed by atoms with E-state index < -0.39 is 23.3 Å². The third kappa shape index (κ3) is 4.93. The van der Waals surface area contributed by atoms with E-state index in [2.05, 4.69) is 10.9 Å². The molecule has 0 aromatic rings. The van der Waals surface area contributed by atoms with E-state index in [4.69, 9.17) is 9.47 Å². The van der Waals surface area contributed by atoms with Gasteiger partial charge in [-0.05, 0) is 33.3 Å². The molecule has 0 radical (unpaired) electrons. The monoisotopic (exact) mass is 341 g/mol. The SMILES string of the molecule is CC(C)(C)OC(=O)NNC(=O)C(C)(C)CCN1C(O)C=CC2OC21. The van der Waals surface area contributed by atoms with Crippen LogP contribution in [0.2, 0.25) is 0 Å². The Balaban J connectivity index is 1.78. The van der Waals surface area contributed by atoms with Gasteiger partial charge in [0.15, 0.2) is 0 Å². The molecule has 2 aliphatic heterocycles. The Morgan fingerprint density at radius 3 is 2.50 bits per heavy atom. The number of aliphatic hydroxyl groups excluding tert-OH is 1. The lowest BCUT2D eigenvalue weighted by molar-refractivity contribution is -0.131. The molecule has 24 heavy (non-hydrogen) atoms. The van der Waals surface area contributed by atoms with Gasteiger partial charge in [0.05, 0.1) is 0 Å². The second kappa shape index (κ2) is 6.70. The summed E-state index contributed by atoms with van der Waals surface area (Å²) in [6.07, 6.45) is 2.54. The van der Waals surface area contributed by atoms with Gasteiger partial charge in [-0.15, -0.1) is 0 Å². The molecule has 1 fully saturated rings. The standard InChI is InChI=1S/C16H27N3O5/c1-15(2,3)24-14(22)18-17-13(21)16(4,5)8-9-19-11(20)7-6-10-12(19)23-10/h6-7,10-12,20H,8-9H2,1-5H3,(H,17,21)(H,18,22). The average Bonchev–Trinajstić information content (AvgIpc) is 3.21. The summed E-state index contributed by atoms with van der Waals surface area (Å²) in [6.45, 7) is 9.27. The van der Waals surface area contributed by atoms with E-state index in [0.717, 1.165) is 0 Å². The number of hydrazine groups is 1. The van der Waals surface area contributed by atoms with Gasteiger partial charge >= 0.3 is 6.09 Å². The molecule has 3 N–H and O–H groups in total. The zero-order valence-corrected chi connectivity index (χ0v) is 14.8. The molecule has 136 valence electrons. The van der Waals surface area contributed by atoms with E-state index >= 15 is 0 Å². The second-order valence-corrected chi connectivity index (χ2v) is 7.74. The van der Waals surface area contributed by atoms with Gasteiger partial charge in [-0.3, -0.25) is 10.2 Å². The van der Waals surface area contributed by atoms with Crippen LogP contribution in [0, 0.1) is 5.41 Å². The van der Waals surface area contributed by atoms with Crippen molar-refractivity contribution < 1.29 is 24.2 Å². The first-order valence-electron chi connectivity index (χ1n) is 8.07. The van der Waals surface area contributed by atoms with Crippen LogP contribution < -0.4 is 10.9 Å². The van der Waals surface area contributed by atoms with Crippen molar-refractivity contribution in [3.05, 3.63) is 12.2 Å². The van der Waals surface area contributed by atoms with E-state index in [1.165, 1.54) is 0 Å². The van der Waals surface area contributed by atoms with E-state index in [0.29, 0.717) is 13.0 Å². The van der Waals surface area contributed by atoms with Crippen molar-refractivity contribution in [3.63, 3.8) is 0 Å². The van der Waals surface area contributed by atoms with Gasteiger partial charge in [0.1, 0.15) is 24.2 Å². The van der Waals surface area contributed by atoms with Crippen LogP contribution in [-0.4, -0.2) is 52.7 Å². The fourth-order valence-corrected chi connectivity index (χ4v) is 2.36. The Hall–Kier alpha value is -1.64. The minimum Gasteiger partial charge on any atom is -0.443 e. The number of carbonyl (C=O) groups is 2. The summed E-state index contributed by atoms with van der Waals surface area (Å²) in [6, 6.07) is 0. The number of fused-ring (bicyclic) bond motifs is 1. The zero-order valence-electron chi connectivity index (χ0n) is 14.8. The van der Waals surface area contributed by atoms with Crippen LogP contribution in [0.4, 0.5) is 4.79 Å². The fourth-order valence-electron chi connectivity index (χ4n) is 2.36. The quantitative estimate of drug-likeness (QED) is 0.398. The number of rotatable bonds is 4. The molecule has 0 aromatic heterocycles. The molecule has 2 rings (SSSR count). The summed E-state index contributed by atoms with van der Waals surface area (Å²) in [7, 11) is 0. The topological polar surface area (TPSA) is 103 Å². The number of ether oxygens (including phenoxy) is 2. The summed E-state index contributed by atoms with van der Waals surface area (Å²) >= 11 is 0. The lowest BCUT2D eigenvalue weighted by Gasteiger charge is -2.30. The smallest absolute Gasteiger partial charge is 0.426 e. The summed E-state index contributed by atoms with van der Waals surface area (Å²) in [5.41, 5.74) is 3.25. The maximum absolute atomic E-state index is 12.3. The Morgan fingerprint density at radius 2 is 1.88 bits per heavy atom. The van der Waals surface area contributed by atoms with Crippen LogP contribution in [0.5, 0.6) is 0 Å². The Labute approximate surface area is 142 Å². The molecule has 0 aliphatic carbocycles. The molecule has 0 bridgehead atoms. The Kier molecular flexibility index (Phi) is 5.22. The molecule has 3 atom stereocenters. The highest BCUT2D eigenvalue weighted by Crippen LogP contribution is 2.34. The lowest BCUT2D eigenvalue weighted by atomic mass is 9.88. The first kappa shape index (κ1) is 18.7. The van der Waals surface area contributed by atoms with Gasteiger partial charge in [0.2, 0.25) is 5.91 Å². The highest BCUT2D eigenvalue weighted by molar-refractivity contribution is 5.83. The second-order valence-electron chi connectivity index (χ2n) is 7.74. The van der Waals surface area contributed by atoms with Gasteiger partial charge in [-0.2, -0.15) is 0 Å². The summed E-state index contributed by atoms with van der Waals surface area (Å²) in [4.78, 5) is 25.7. The minimum absolute atomic E-state index is 0.0409. The molecule has 2 amide bonds. The largest absolute Gasteiger partial charge is 0.443 e. The normalized spacial score (nSPS) is 26.5. The number of hydrogen-bond acceptors (Lipinski definition) is 6. The first-order valence-corrected chi connectivity index (χ1v) is 8.07. The number of carbonyl (C=O) groups excluding carboxylic acids is 2. The van der Waals surface area contributed by atoms with Gasteiger partial charge < -0.3 is 14.6 Å². The van der Waals surface area contributed by atoms with Crippen LogP contribution in [0.15, 0.2) is 12.2 Å². The lowest BCUT2D eigenvalue weighted by Crippen LogP contribution is -2.50. The first-order chi connectivity index (χ1) is 11.0. The van der Waals surface area contributed by atoms with Crippen molar-refractivity contribution in [2.75, 3.05) is 6.54 Å². The summed E-state index contributed by atoms with van der Waals surface area (Å²) in [5.74, 6) is -0.330. The molecule has 0 aromatic carbocycles. The molecule has 8 nitrogen and oxygen atoms in total. The third-order valence-electron chi connectivity index (χ3n) is 3.93. The highest BCUT2D eigenvalue weighted by Gasteiger charge is 2.47. The van der Waals surface area contributed by atoms with Crippen molar-refractivity contribution in [1.82, 2.24) is 15.8 Å². The fraction of sp³-hybridized carbons (Fsp3) is 0.750. The molecule has 1 saturated heterocycles. The van der Waals surface area contributed by atoms with Crippen LogP contribution in [-0.2, 0) is 14.3 Å². The van der Waals surface area contributed by atoms with E-state index in [-0.39, 0.29) is 18.2 Å². The number of aliphatic hydroxyl groups is 1. The van der Waals surface area contributed by atoms with Gasteiger partial charge in [-0.25, -0.2) is 15.1 Å². The van der Waals surface area contributed by atoms with E-state index in [9.17, 15) is 14.7 Å². The molecule has 0 spiro atoms. The number of amides is 2. The molecular formula is C16H27N3O5. The Morgan fingerprint density at radius 1 is 1.21 bits per heavy atom. The van der Waals surface area contributed by atoms with Gasteiger partial charge in [0.25, 0.3) is 0 Å². The minimum atomic E-state index is -0.736. The van der Waals surface area contributed by atoms with E-state index in [1.54, 1.807) is 45.6 Å². The van der Waals surface area contributed by atoms with Crippen molar-refractivity contribution >= 4 is 12.0 Å². The maximum Gasteiger partial charge on any atom is 0.426 e. The number of nitrogens with zero attached hydrogens (tertiary/aromatic N) is 1. The highest BCUT2D eigenvalue weighted by atomic mass is 16.6. The van der Waals surface area contributed by atoms with Crippen LogP contribution >= 0.6 is 0 Å². The van der Waals surface area contributed by atoms with Crippen molar-refractivity contribution in [2.24, 2.45) is 5.41 Å². The Bertz CT molecular complexity index is 526. The van der Waals surface area contributed by atoms with Crippen LogP contribution in [0.3, 0.4) is 0 Å². The maximum atomic E-state index is 12.3. The van der Waals surface area contributed by atoms with E-state index in [1.807, 2.05) is 6.08 Å². The number of hydrogen-bond donors (Lipinski definition) is 3. The van der Waals surface area contributed by atoms with Crippen molar-refractivity contribution in [2.45, 2.75) is 65.2 Å². The predicted molar refractivity (Wildman–Crippen MR) is 86.4 cm³/mol. The summed E-state index contributed by atoms with van der Waals surface area (Å²) in [5, 5.41) is 9.97. The van der Waals surface area contributed by atoms with Crippen LogP contribution in [0.1, 0.15) is 41.0 Å². The van der Waals surface area contributed by atoms with Crippen molar-refractivity contribution in [1.29, 1.82) is 0 Å². The molecule has 8 heteroatoms. The number of epoxide rings is 1. The molecular weight excluding hydrogens is 314 g/mol. The molecule has 0 saturated carbocycles. The molecule has 3 unspecified atom stereocenters. The third-order valence-corrected chi connectivity index (χ3v) is 3.93. The van der Waals surface area contributed by atoms with Crippen LogP contribution in [0.25, 0.3) is 0 Å².